The number of nitrogens with one attached hydrogen (secondary N) is 1. The molecule has 33 heavy (non-hydrogen) atoms. The molecule has 1 N–H and O–H groups in total. The largest absolute Gasteiger partial charge is 0.354 e. The maximum atomic E-state index is 13.7. The van der Waals surface area contributed by atoms with Crippen molar-refractivity contribution in [1.82, 2.24) is 5.32 Å². The summed E-state index contributed by atoms with van der Waals surface area (Å²) < 4.78 is 42.2. The van der Waals surface area contributed by atoms with E-state index in [-0.39, 0.29) is 17.3 Å². The predicted molar refractivity (Wildman–Crippen MR) is 135 cm³/mol. The van der Waals surface area contributed by atoms with Gasteiger partial charge in [-0.2, -0.15) is 11.8 Å². The normalized spacial score (nSPS) is 11.2. The van der Waals surface area contributed by atoms with Crippen molar-refractivity contribution in [2.24, 2.45) is 0 Å². The summed E-state index contributed by atoms with van der Waals surface area (Å²) in [5.74, 6) is 0.402. The highest BCUT2D eigenvalue weighted by molar-refractivity contribution is 9.10. The van der Waals surface area contributed by atoms with Gasteiger partial charge in [-0.15, -0.1) is 0 Å². The van der Waals surface area contributed by atoms with E-state index in [1.165, 1.54) is 30.0 Å². The monoisotopic (exact) mass is 550 g/mol. The zero-order chi connectivity index (χ0) is 23.8. The second-order valence-corrected chi connectivity index (χ2v) is 11.2. The fraction of sp³-hybridized carbons (Fsp3) is 0.208. The average Bonchev–Trinajstić information content (AvgIpc) is 2.79. The highest BCUT2D eigenvalue weighted by Crippen LogP contribution is 2.25. The van der Waals surface area contributed by atoms with Crippen LogP contribution in [0, 0.1) is 12.7 Å². The van der Waals surface area contributed by atoms with Crippen molar-refractivity contribution in [2.45, 2.75) is 17.6 Å². The molecule has 0 radical (unpaired) electrons. The number of carbonyl (C=O) groups is 1. The van der Waals surface area contributed by atoms with Gasteiger partial charge in [-0.1, -0.05) is 51.8 Å². The lowest BCUT2D eigenvalue weighted by molar-refractivity contribution is -0.119. The number of thioether (sulfide) groups is 1. The van der Waals surface area contributed by atoms with Crippen LogP contribution in [0.15, 0.2) is 82.2 Å². The molecule has 1 amide bonds. The van der Waals surface area contributed by atoms with Gasteiger partial charge in [0.2, 0.25) is 5.91 Å². The Labute approximate surface area is 206 Å². The van der Waals surface area contributed by atoms with E-state index in [4.69, 9.17) is 0 Å². The first-order valence-electron chi connectivity index (χ1n) is 10.2. The number of hydrogen-bond acceptors (Lipinski definition) is 4. The van der Waals surface area contributed by atoms with E-state index in [1.54, 1.807) is 54.6 Å². The molecule has 174 valence electrons. The summed E-state index contributed by atoms with van der Waals surface area (Å²) in [5.41, 5.74) is 1.94. The average molecular weight is 552 g/mol. The molecular formula is C24H24BrFN2O3S2. The minimum atomic E-state index is -3.94. The maximum absolute atomic E-state index is 13.7. The minimum Gasteiger partial charge on any atom is -0.354 e. The van der Waals surface area contributed by atoms with E-state index in [0.717, 1.165) is 14.3 Å². The van der Waals surface area contributed by atoms with Gasteiger partial charge < -0.3 is 5.32 Å². The molecule has 0 aromatic heterocycles. The van der Waals surface area contributed by atoms with Crippen LogP contribution in [0.1, 0.15) is 11.1 Å². The van der Waals surface area contributed by atoms with Crippen molar-refractivity contribution in [3.05, 3.63) is 94.2 Å². The molecule has 0 aliphatic carbocycles. The van der Waals surface area contributed by atoms with Crippen molar-refractivity contribution in [3.63, 3.8) is 0 Å². The zero-order valence-corrected chi connectivity index (χ0v) is 21.2. The Morgan fingerprint density at radius 1 is 1.03 bits per heavy atom. The van der Waals surface area contributed by atoms with E-state index in [0.29, 0.717) is 29.3 Å². The number of halogens is 2. The highest BCUT2D eigenvalue weighted by Gasteiger charge is 2.27. The number of carbonyl (C=O) groups excluding carboxylic acids is 1. The predicted octanol–water partition coefficient (Wildman–Crippen LogP) is 5.14. The van der Waals surface area contributed by atoms with E-state index in [9.17, 15) is 17.6 Å². The topological polar surface area (TPSA) is 66.5 Å². The van der Waals surface area contributed by atoms with Crippen molar-refractivity contribution >= 4 is 49.3 Å². The van der Waals surface area contributed by atoms with Crippen LogP contribution in [-0.4, -0.2) is 33.2 Å². The van der Waals surface area contributed by atoms with Gasteiger partial charge in [-0.25, -0.2) is 12.8 Å². The van der Waals surface area contributed by atoms with Crippen LogP contribution in [0.25, 0.3) is 0 Å². The van der Waals surface area contributed by atoms with E-state index in [2.05, 4.69) is 21.2 Å². The SMILES string of the molecule is Cc1ccc(S(=O)(=O)N(CC(=O)NCCSCc2ccccc2F)c2ccc(Br)cc2)cc1. The first-order valence-corrected chi connectivity index (χ1v) is 13.6. The molecule has 3 aromatic rings. The smallest absolute Gasteiger partial charge is 0.264 e. The van der Waals surface area contributed by atoms with Crippen LogP contribution < -0.4 is 9.62 Å². The number of benzene rings is 3. The highest BCUT2D eigenvalue weighted by atomic mass is 79.9. The molecule has 0 fully saturated rings. The number of aryl methyl sites for hydroxylation is 1. The van der Waals surface area contributed by atoms with Crippen LogP contribution in [0.3, 0.4) is 0 Å². The molecule has 3 rings (SSSR count). The Kier molecular flexibility index (Phi) is 8.94. The van der Waals surface area contributed by atoms with Gasteiger partial charge >= 0.3 is 0 Å². The molecule has 0 atom stereocenters. The van der Waals surface area contributed by atoms with E-state index >= 15 is 0 Å². The van der Waals surface area contributed by atoms with Gasteiger partial charge in [0, 0.05) is 22.5 Å². The Morgan fingerprint density at radius 3 is 2.36 bits per heavy atom. The molecule has 9 heteroatoms. The summed E-state index contributed by atoms with van der Waals surface area (Å²) in [6, 6.07) is 19.8. The van der Waals surface area contributed by atoms with E-state index < -0.39 is 15.9 Å². The molecule has 0 aliphatic rings. The number of sulfonamides is 1. The summed E-state index contributed by atoms with van der Waals surface area (Å²) in [6.45, 7) is 1.87. The van der Waals surface area contributed by atoms with Crippen LogP contribution >= 0.6 is 27.7 Å². The third-order valence-electron chi connectivity index (χ3n) is 4.79. The number of rotatable bonds is 10. The molecule has 0 saturated carbocycles. The molecule has 0 aliphatic heterocycles. The fourth-order valence-corrected chi connectivity index (χ4v) is 5.54. The van der Waals surface area contributed by atoms with Crippen molar-refractivity contribution < 1.29 is 17.6 Å². The summed E-state index contributed by atoms with van der Waals surface area (Å²) >= 11 is 4.84. The zero-order valence-electron chi connectivity index (χ0n) is 18.0. The Balaban J connectivity index is 1.64. The summed E-state index contributed by atoms with van der Waals surface area (Å²) in [6.07, 6.45) is 0. The van der Waals surface area contributed by atoms with Gasteiger partial charge in [0.15, 0.2) is 0 Å². The maximum Gasteiger partial charge on any atom is 0.264 e. The van der Waals surface area contributed by atoms with Crippen LogP contribution in [0.5, 0.6) is 0 Å². The van der Waals surface area contributed by atoms with Crippen LogP contribution in [0.2, 0.25) is 0 Å². The lowest BCUT2D eigenvalue weighted by atomic mass is 10.2. The first kappa shape index (κ1) is 25.3. The summed E-state index contributed by atoms with van der Waals surface area (Å²) in [5, 5.41) is 2.76. The van der Waals surface area contributed by atoms with Gasteiger partial charge in [0.05, 0.1) is 10.6 Å². The number of amides is 1. The molecule has 0 saturated heterocycles. The molecular weight excluding hydrogens is 527 g/mol. The fourth-order valence-electron chi connectivity index (χ4n) is 3.01. The lowest BCUT2D eigenvalue weighted by Crippen LogP contribution is -2.41. The minimum absolute atomic E-state index is 0.115. The first-order chi connectivity index (χ1) is 15.8. The second kappa shape index (κ2) is 11.7. The quantitative estimate of drug-likeness (QED) is 0.355. The van der Waals surface area contributed by atoms with Crippen LogP contribution in [-0.2, 0) is 20.6 Å². The third kappa shape index (κ3) is 7.06. The van der Waals surface area contributed by atoms with Crippen LogP contribution in [0.4, 0.5) is 10.1 Å². The number of hydrogen-bond donors (Lipinski definition) is 1. The second-order valence-electron chi connectivity index (χ2n) is 7.30. The van der Waals surface area contributed by atoms with Gasteiger partial charge in [-0.3, -0.25) is 9.10 Å². The Hall–Kier alpha value is -2.36. The van der Waals surface area contributed by atoms with Crippen molar-refractivity contribution in [3.8, 4) is 0 Å². The molecule has 5 nitrogen and oxygen atoms in total. The van der Waals surface area contributed by atoms with Gasteiger partial charge in [0.25, 0.3) is 10.0 Å². The van der Waals surface area contributed by atoms with Crippen molar-refractivity contribution in [1.29, 1.82) is 0 Å². The number of nitrogens with zero attached hydrogens (tertiary/aromatic N) is 1. The number of anilines is 1. The summed E-state index contributed by atoms with van der Waals surface area (Å²) in [7, 11) is -3.94. The van der Waals surface area contributed by atoms with Gasteiger partial charge in [-0.05, 0) is 55.0 Å². The standard InChI is InChI=1S/C24H24BrFN2O3S2/c1-18-6-12-22(13-7-18)33(30,31)28(21-10-8-20(25)9-11-21)16-24(29)27-14-15-32-17-19-4-2-3-5-23(19)26/h2-13H,14-17H2,1H3,(H,27,29). The molecule has 0 unspecified atom stereocenters. The van der Waals surface area contributed by atoms with Gasteiger partial charge in [0.1, 0.15) is 12.4 Å². The molecule has 0 spiro atoms. The Morgan fingerprint density at radius 2 is 1.70 bits per heavy atom. The van der Waals surface area contributed by atoms with E-state index in [1.807, 2.05) is 6.92 Å². The lowest BCUT2D eigenvalue weighted by Gasteiger charge is -2.24. The molecule has 3 aromatic carbocycles. The summed E-state index contributed by atoms with van der Waals surface area (Å²) in [4.78, 5) is 12.7. The third-order valence-corrected chi connectivity index (χ3v) is 8.12. The van der Waals surface area contributed by atoms with Crippen molar-refractivity contribution in [2.75, 3.05) is 23.1 Å². The Bertz CT molecular complexity index is 1190. The molecule has 0 heterocycles. The molecule has 0 bridgehead atoms.